The van der Waals surface area contributed by atoms with Gasteiger partial charge in [0.25, 0.3) is 0 Å². The fraction of sp³-hybridized carbons (Fsp3) is 1.00. The minimum atomic E-state index is 0.338. The Hall–Kier alpha value is -0.120. The highest BCUT2D eigenvalue weighted by Crippen LogP contribution is 2.13. The Morgan fingerprint density at radius 1 is 1.36 bits per heavy atom. The summed E-state index contributed by atoms with van der Waals surface area (Å²) in [6.45, 7) is 9.60. The molecule has 1 aliphatic heterocycles. The fourth-order valence-corrected chi connectivity index (χ4v) is 1.59. The fourth-order valence-electron chi connectivity index (χ4n) is 1.59. The van der Waals surface area contributed by atoms with Gasteiger partial charge >= 0.3 is 0 Å². The number of likely N-dealkylation sites (tertiary alicyclic amines) is 1. The van der Waals surface area contributed by atoms with Crippen molar-refractivity contribution in [1.82, 2.24) is 4.90 Å². The second-order valence-corrected chi connectivity index (χ2v) is 4.60. The first-order valence-corrected chi connectivity index (χ1v) is 5.63. The summed E-state index contributed by atoms with van der Waals surface area (Å²) in [6.07, 6.45) is 1.15. The molecule has 0 saturated carbocycles. The maximum absolute atomic E-state index is 8.82. The van der Waals surface area contributed by atoms with E-state index in [0.29, 0.717) is 12.5 Å². The van der Waals surface area contributed by atoms with E-state index in [-0.39, 0.29) is 0 Å². The van der Waals surface area contributed by atoms with Crippen LogP contribution in [0.25, 0.3) is 0 Å². The lowest BCUT2D eigenvalue weighted by molar-refractivity contribution is 0.0226. The first-order valence-electron chi connectivity index (χ1n) is 5.63. The molecule has 0 aliphatic carbocycles. The summed E-state index contributed by atoms with van der Waals surface area (Å²) in [6, 6.07) is 0. The van der Waals surface area contributed by atoms with E-state index >= 15 is 0 Å². The molecule has 1 rings (SSSR count). The first-order chi connectivity index (χ1) is 6.72. The molecule has 0 aromatic heterocycles. The van der Waals surface area contributed by atoms with E-state index in [9.17, 15) is 0 Å². The molecule has 1 N–H and O–H groups in total. The topological polar surface area (TPSA) is 32.7 Å². The normalized spacial score (nSPS) is 18.9. The van der Waals surface area contributed by atoms with Crippen molar-refractivity contribution in [3.05, 3.63) is 0 Å². The number of aliphatic hydroxyl groups is 1. The molecule has 1 heterocycles. The predicted octanol–water partition coefficient (Wildman–Crippen LogP) is 0.973. The number of rotatable bonds is 7. The second kappa shape index (κ2) is 6.38. The minimum Gasteiger partial charge on any atom is -0.396 e. The zero-order valence-electron chi connectivity index (χ0n) is 9.41. The molecular weight excluding hydrogens is 178 g/mol. The molecule has 0 aromatic carbocycles. The van der Waals surface area contributed by atoms with Gasteiger partial charge in [-0.25, -0.2) is 0 Å². The van der Waals surface area contributed by atoms with E-state index in [4.69, 9.17) is 9.84 Å². The number of hydrogen-bond acceptors (Lipinski definition) is 3. The Balaban J connectivity index is 1.81. The Morgan fingerprint density at radius 3 is 2.64 bits per heavy atom. The van der Waals surface area contributed by atoms with Gasteiger partial charge in [0.15, 0.2) is 0 Å². The standard InChI is InChI=1S/C11H23NO2/c1-10(2)3-5-14-6-4-12-7-11(8-12)9-13/h10-11,13H,3-9H2,1-2H3. The van der Waals surface area contributed by atoms with E-state index in [1.54, 1.807) is 0 Å². The van der Waals surface area contributed by atoms with Crippen LogP contribution in [0.3, 0.4) is 0 Å². The average Bonchev–Trinajstić information content (AvgIpc) is 2.07. The maximum Gasteiger partial charge on any atom is 0.0593 e. The van der Waals surface area contributed by atoms with Gasteiger partial charge < -0.3 is 14.7 Å². The van der Waals surface area contributed by atoms with Gasteiger partial charge in [-0.05, 0) is 12.3 Å². The monoisotopic (exact) mass is 201 g/mol. The van der Waals surface area contributed by atoms with Gasteiger partial charge in [-0.2, -0.15) is 0 Å². The zero-order chi connectivity index (χ0) is 10.4. The lowest BCUT2D eigenvalue weighted by Gasteiger charge is -2.38. The molecule has 14 heavy (non-hydrogen) atoms. The Kier molecular flexibility index (Phi) is 5.45. The van der Waals surface area contributed by atoms with E-state index in [1.807, 2.05) is 0 Å². The third-order valence-corrected chi connectivity index (χ3v) is 2.68. The molecule has 0 unspecified atom stereocenters. The lowest BCUT2D eigenvalue weighted by Crippen LogP contribution is -2.49. The number of aliphatic hydroxyl groups excluding tert-OH is 1. The molecule has 0 bridgehead atoms. The largest absolute Gasteiger partial charge is 0.396 e. The van der Waals surface area contributed by atoms with Crippen LogP contribution in [0.2, 0.25) is 0 Å². The molecule has 3 heteroatoms. The summed E-state index contributed by atoms with van der Waals surface area (Å²) in [5.74, 6) is 1.25. The molecule has 0 amide bonds. The highest BCUT2D eigenvalue weighted by Gasteiger charge is 2.24. The van der Waals surface area contributed by atoms with Crippen LogP contribution >= 0.6 is 0 Å². The summed E-state index contributed by atoms with van der Waals surface area (Å²) < 4.78 is 5.52. The molecule has 1 fully saturated rings. The first kappa shape index (κ1) is 12.0. The molecule has 0 spiro atoms. The van der Waals surface area contributed by atoms with Crippen LogP contribution in [0, 0.1) is 11.8 Å². The Bertz CT molecular complexity index is 144. The molecule has 1 aliphatic rings. The number of ether oxygens (including phenoxy) is 1. The quantitative estimate of drug-likeness (QED) is 0.623. The molecule has 3 nitrogen and oxygen atoms in total. The van der Waals surface area contributed by atoms with Crippen molar-refractivity contribution in [3.63, 3.8) is 0 Å². The summed E-state index contributed by atoms with van der Waals surface area (Å²) in [7, 11) is 0. The van der Waals surface area contributed by atoms with E-state index in [2.05, 4.69) is 18.7 Å². The van der Waals surface area contributed by atoms with Gasteiger partial charge in [-0.15, -0.1) is 0 Å². The molecule has 1 saturated heterocycles. The van der Waals surface area contributed by atoms with Crippen molar-refractivity contribution in [2.45, 2.75) is 20.3 Å². The highest BCUT2D eigenvalue weighted by atomic mass is 16.5. The smallest absolute Gasteiger partial charge is 0.0593 e. The van der Waals surface area contributed by atoms with E-state index in [0.717, 1.165) is 45.2 Å². The molecule has 0 atom stereocenters. The van der Waals surface area contributed by atoms with Gasteiger partial charge in [-0.1, -0.05) is 13.8 Å². The molecular formula is C11H23NO2. The van der Waals surface area contributed by atoms with Crippen LogP contribution in [0.15, 0.2) is 0 Å². The van der Waals surface area contributed by atoms with Crippen LogP contribution in [0.1, 0.15) is 20.3 Å². The second-order valence-electron chi connectivity index (χ2n) is 4.60. The predicted molar refractivity (Wildman–Crippen MR) is 57.3 cm³/mol. The Labute approximate surface area is 87.1 Å². The average molecular weight is 201 g/mol. The minimum absolute atomic E-state index is 0.338. The van der Waals surface area contributed by atoms with Crippen molar-refractivity contribution < 1.29 is 9.84 Å². The van der Waals surface area contributed by atoms with Crippen LogP contribution in [0.4, 0.5) is 0 Å². The van der Waals surface area contributed by atoms with Gasteiger partial charge in [0.2, 0.25) is 0 Å². The number of hydrogen-bond donors (Lipinski definition) is 1. The zero-order valence-corrected chi connectivity index (χ0v) is 9.41. The summed E-state index contributed by atoms with van der Waals surface area (Å²) in [4.78, 5) is 2.33. The third kappa shape index (κ3) is 4.40. The van der Waals surface area contributed by atoms with Crippen LogP contribution in [-0.2, 0) is 4.74 Å². The SMILES string of the molecule is CC(C)CCOCCN1CC(CO)C1. The van der Waals surface area contributed by atoms with Gasteiger partial charge in [0.05, 0.1) is 6.61 Å². The van der Waals surface area contributed by atoms with Crippen molar-refractivity contribution in [3.8, 4) is 0 Å². The summed E-state index contributed by atoms with van der Waals surface area (Å²) in [5.41, 5.74) is 0. The van der Waals surface area contributed by atoms with E-state index in [1.165, 1.54) is 0 Å². The van der Waals surface area contributed by atoms with E-state index < -0.39 is 0 Å². The van der Waals surface area contributed by atoms with Crippen LogP contribution in [-0.4, -0.2) is 49.5 Å². The summed E-state index contributed by atoms with van der Waals surface area (Å²) in [5, 5.41) is 8.82. The van der Waals surface area contributed by atoms with Gasteiger partial charge in [0.1, 0.15) is 0 Å². The van der Waals surface area contributed by atoms with Crippen molar-refractivity contribution in [2.75, 3.05) is 39.5 Å². The third-order valence-electron chi connectivity index (χ3n) is 2.68. The molecule has 0 radical (unpaired) electrons. The molecule has 84 valence electrons. The van der Waals surface area contributed by atoms with Gasteiger partial charge in [0, 0.05) is 38.8 Å². The summed E-state index contributed by atoms with van der Waals surface area (Å²) >= 11 is 0. The van der Waals surface area contributed by atoms with Crippen molar-refractivity contribution >= 4 is 0 Å². The van der Waals surface area contributed by atoms with Crippen molar-refractivity contribution in [2.24, 2.45) is 11.8 Å². The maximum atomic E-state index is 8.82. The van der Waals surface area contributed by atoms with Crippen molar-refractivity contribution in [1.29, 1.82) is 0 Å². The number of nitrogens with zero attached hydrogens (tertiary/aromatic N) is 1. The Morgan fingerprint density at radius 2 is 2.07 bits per heavy atom. The molecule has 0 aromatic rings. The van der Waals surface area contributed by atoms with Crippen LogP contribution in [0.5, 0.6) is 0 Å². The van der Waals surface area contributed by atoms with Gasteiger partial charge in [-0.3, -0.25) is 0 Å². The lowest BCUT2D eigenvalue weighted by atomic mass is 10.0. The van der Waals surface area contributed by atoms with Crippen LogP contribution < -0.4 is 0 Å². The highest BCUT2D eigenvalue weighted by molar-refractivity contribution is 4.78.